The zero-order valence-electron chi connectivity index (χ0n) is 13.0. The van der Waals surface area contributed by atoms with Gasteiger partial charge >= 0.3 is 6.03 Å². The number of H-pyrrole nitrogens is 1. The summed E-state index contributed by atoms with van der Waals surface area (Å²) in [5.41, 5.74) is 2.25. The van der Waals surface area contributed by atoms with Crippen molar-refractivity contribution >= 4 is 6.03 Å². The lowest BCUT2D eigenvalue weighted by molar-refractivity contribution is 0.142. The quantitative estimate of drug-likeness (QED) is 0.867. The summed E-state index contributed by atoms with van der Waals surface area (Å²) in [6.07, 6.45) is 0. The minimum Gasteiger partial charge on any atom is -0.334 e. The number of nitrogens with one attached hydrogen (secondary N) is 2. The van der Waals surface area contributed by atoms with Gasteiger partial charge < -0.3 is 20.1 Å². The third-order valence-corrected chi connectivity index (χ3v) is 4.02. The molecule has 6 heteroatoms. The number of aromatic nitrogens is 1. The van der Waals surface area contributed by atoms with Crippen molar-refractivity contribution in [3.8, 4) is 0 Å². The third kappa shape index (κ3) is 3.85. The van der Waals surface area contributed by atoms with Crippen LogP contribution in [0.4, 0.5) is 4.79 Å². The van der Waals surface area contributed by atoms with Gasteiger partial charge in [-0.1, -0.05) is 6.92 Å². The Morgan fingerprint density at radius 1 is 1.29 bits per heavy atom. The number of pyridine rings is 1. The van der Waals surface area contributed by atoms with Crippen molar-refractivity contribution in [2.75, 3.05) is 32.7 Å². The Balaban J connectivity index is 1.92. The van der Waals surface area contributed by atoms with Gasteiger partial charge in [-0.05, 0) is 32.0 Å². The molecular weight excluding hydrogens is 268 g/mol. The van der Waals surface area contributed by atoms with Crippen molar-refractivity contribution < 1.29 is 4.79 Å². The summed E-state index contributed by atoms with van der Waals surface area (Å²) in [5, 5.41) is 2.85. The molecule has 1 aromatic rings. The molecule has 1 aliphatic rings. The molecule has 6 nitrogen and oxygen atoms in total. The third-order valence-electron chi connectivity index (χ3n) is 4.02. The molecule has 0 aromatic carbocycles. The number of amides is 2. The maximum absolute atomic E-state index is 12.1. The maximum atomic E-state index is 12.1. The van der Waals surface area contributed by atoms with Crippen molar-refractivity contribution in [2.45, 2.75) is 27.3 Å². The van der Waals surface area contributed by atoms with Gasteiger partial charge in [0.05, 0.1) is 6.54 Å². The number of carbonyl (C=O) groups excluding carboxylic acids is 1. The highest BCUT2D eigenvalue weighted by Gasteiger charge is 2.20. The number of piperazine rings is 1. The van der Waals surface area contributed by atoms with Crippen LogP contribution in [0.25, 0.3) is 0 Å². The van der Waals surface area contributed by atoms with Crippen LogP contribution >= 0.6 is 0 Å². The van der Waals surface area contributed by atoms with Gasteiger partial charge in [0, 0.05) is 37.4 Å². The van der Waals surface area contributed by atoms with Crippen LogP contribution in [0.1, 0.15) is 23.7 Å². The minimum absolute atomic E-state index is 0.0925. The first-order chi connectivity index (χ1) is 10.0. The molecule has 1 aromatic heterocycles. The highest BCUT2D eigenvalue weighted by atomic mass is 16.2. The first-order valence-corrected chi connectivity index (χ1v) is 7.45. The lowest BCUT2D eigenvalue weighted by Gasteiger charge is -2.34. The van der Waals surface area contributed by atoms with Crippen LogP contribution < -0.4 is 10.9 Å². The summed E-state index contributed by atoms with van der Waals surface area (Å²) in [6, 6.07) is 1.83. The van der Waals surface area contributed by atoms with Gasteiger partial charge in [0.1, 0.15) is 0 Å². The zero-order chi connectivity index (χ0) is 15.4. The molecule has 1 fully saturated rings. The van der Waals surface area contributed by atoms with Crippen molar-refractivity contribution in [1.29, 1.82) is 0 Å². The Morgan fingerprint density at radius 3 is 2.52 bits per heavy atom. The number of carbonyl (C=O) groups is 1. The number of hydrogen-bond donors (Lipinski definition) is 2. The molecule has 1 saturated heterocycles. The molecule has 1 aliphatic heterocycles. The fourth-order valence-corrected chi connectivity index (χ4v) is 2.64. The monoisotopic (exact) mass is 292 g/mol. The van der Waals surface area contributed by atoms with Crippen LogP contribution in [0.5, 0.6) is 0 Å². The van der Waals surface area contributed by atoms with Crippen molar-refractivity contribution in [2.24, 2.45) is 0 Å². The van der Waals surface area contributed by atoms with Crippen LogP contribution in [0.2, 0.25) is 0 Å². The Morgan fingerprint density at radius 2 is 1.95 bits per heavy atom. The van der Waals surface area contributed by atoms with Crippen LogP contribution in [0.3, 0.4) is 0 Å². The second-order valence-corrected chi connectivity index (χ2v) is 5.52. The Hall–Kier alpha value is -1.82. The van der Waals surface area contributed by atoms with Gasteiger partial charge in [-0.2, -0.15) is 0 Å². The predicted molar refractivity (Wildman–Crippen MR) is 82.5 cm³/mol. The topological polar surface area (TPSA) is 68.4 Å². The number of rotatable bonds is 3. The standard InChI is InChI=1S/C15H24N4O2/c1-4-18-5-7-19(8-6-18)15(21)16-10-13-11(2)9-12(3)17-14(13)20/h9H,4-8,10H2,1-3H3,(H,16,21)(H,17,20). The van der Waals surface area contributed by atoms with E-state index in [1.807, 2.05) is 24.8 Å². The van der Waals surface area contributed by atoms with E-state index < -0.39 is 0 Å². The normalized spacial score (nSPS) is 16.0. The van der Waals surface area contributed by atoms with Gasteiger partial charge in [-0.3, -0.25) is 4.79 Å². The van der Waals surface area contributed by atoms with E-state index in [0.717, 1.165) is 44.0 Å². The number of urea groups is 1. The number of hydrogen-bond acceptors (Lipinski definition) is 3. The lowest BCUT2D eigenvalue weighted by atomic mass is 10.1. The molecule has 0 spiro atoms. The number of aromatic amines is 1. The van der Waals surface area contributed by atoms with E-state index in [4.69, 9.17) is 0 Å². The average Bonchev–Trinajstić information content (AvgIpc) is 2.46. The molecule has 0 aliphatic carbocycles. The molecule has 2 rings (SSSR count). The Kier molecular flexibility index (Phi) is 5.01. The number of likely N-dealkylation sites (N-methyl/N-ethyl adjacent to an activating group) is 1. The fourth-order valence-electron chi connectivity index (χ4n) is 2.64. The first-order valence-electron chi connectivity index (χ1n) is 7.45. The van der Waals surface area contributed by atoms with Crippen LogP contribution in [-0.2, 0) is 6.54 Å². The van der Waals surface area contributed by atoms with Crippen LogP contribution in [-0.4, -0.2) is 53.5 Å². The average molecular weight is 292 g/mol. The second kappa shape index (κ2) is 6.76. The van der Waals surface area contributed by atoms with E-state index >= 15 is 0 Å². The minimum atomic E-state index is -0.122. The van der Waals surface area contributed by atoms with Gasteiger partial charge in [0.15, 0.2) is 0 Å². The van der Waals surface area contributed by atoms with E-state index in [-0.39, 0.29) is 18.1 Å². The molecule has 0 bridgehead atoms. The summed E-state index contributed by atoms with van der Waals surface area (Å²) in [4.78, 5) is 30.9. The fraction of sp³-hybridized carbons (Fsp3) is 0.600. The molecule has 21 heavy (non-hydrogen) atoms. The second-order valence-electron chi connectivity index (χ2n) is 5.52. The highest BCUT2D eigenvalue weighted by molar-refractivity contribution is 5.74. The molecular formula is C15H24N4O2. The zero-order valence-corrected chi connectivity index (χ0v) is 13.0. The van der Waals surface area contributed by atoms with E-state index in [1.54, 1.807) is 0 Å². The summed E-state index contributed by atoms with van der Waals surface area (Å²) >= 11 is 0. The molecule has 0 atom stereocenters. The molecule has 2 amide bonds. The van der Waals surface area contributed by atoms with E-state index in [2.05, 4.69) is 22.1 Å². The lowest BCUT2D eigenvalue weighted by Crippen LogP contribution is -2.51. The van der Waals surface area contributed by atoms with E-state index in [0.29, 0.717) is 5.56 Å². The van der Waals surface area contributed by atoms with Crippen LogP contribution in [0, 0.1) is 13.8 Å². The molecule has 116 valence electrons. The summed E-state index contributed by atoms with van der Waals surface area (Å²) in [5.74, 6) is 0. The van der Waals surface area contributed by atoms with Gasteiger partial charge in [-0.25, -0.2) is 4.79 Å². The van der Waals surface area contributed by atoms with E-state index in [1.165, 1.54) is 0 Å². The number of nitrogens with zero attached hydrogens (tertiary/aromatic N) is 2. The molecule has 0 unspecified atom stereocenters. The van der Waals surface area contributed by atoms with E-state index in [9.17, 15) is 9.59 Å². The SMILES string of the molecule is CCN1CCN(C(=O)NCc2c(C)cc(C)[nH]c2=O)CC1. The smallest absolute Gasteiger partial charge is 0.317 e. The summed E-state index contributed by atoms with van der Waals surface area (Å²) in [6.45, 7) is 10.5. The van der Waals surface area contributed by atoms with Gasteiger partial charge in [0.2, 0.25) is 0 Å². The summed E-state index contributed by atoms with van der Waals surface area (Å²) in [7, 11) is 0. The highest BCUT2D eigenvalue weighted by Crippen LogP contribution is 2.05. The van der Waals surface area contributed by atoms with Crippen molar-refractivity contribution in [3.63, 3.8) is 0 Å². The molecule has 2 heterocycles. The number of aryl methyl sites for hydroxylation is 2. The van der Waals surface area contributed by atoms with Crippen molar-refractivity contribution in [1.82, 2.24) is 20.1 Å². The maximum Gasteiger partial charge on any atom is 0.317 e. The molecule has 2 N–H and O–H groups in total. The van der Waals surface area contributed by atoms with Crippen LogP contribution in [0.15, 0.2) is 10.9 Å². The predicted octanol–water partition coefficient (Wildman–Crippen LogP) is 0.839. The molecule has 0 radical (unpaired) electrons. The van der Waals surface area contributed by atoms with Gasteiger partial charge in [0.25, 0.3) is 5.56 Å². The van der Waals surface area contributed by atoms with Gasteiger partial charge in [-0.15, -0.1) is 0 Å². The molecule has 0 saturated carbocycles. The Labute approximate surface area is 125 Å². The summed E-state index contributed by atoms with van der Waals surface area (Å²) < 4.78 is 0. The Bertz CT molecular complexity index is 559. The van der Waals surface area contributed by atoms with Crippen molar-refractivity contribution in [3.05, 3.63) is 33.2 Å². The largest absolute Gasteiger partial charge is 0.334 e. The first kappa shape index (κ1) is 15.6.